The fraction of sp³-hybridized carbons (Fsp3) is 0.125. The number of benzene rings is 4. The number of nitrogens with zero attached hydrogens (tertiary/aromatic N) is 3. The van der Waals surface area contributed by atoms with E-state index >= 15 is 4.32 Å². The van der Waals surface area contributed by atoms with E-state index in [1.54, 1.807) is 8.96 Å². The number of rotatable bonds is 2. The highest BCUT2D eigenvalue weighted by Crippen LogP contribution is 2.44. The highest BCUT2D eigenvalue weighted by molar-refractivity contribution is 6.50. The largest absolute Gasteiger partial charge is 0.727 e. The Morgan fingerprint density at radius 2 is 1.22 bits per heavy atom. The van der Waals surface area contributed by atoms with Gasteiger partial charge in [0.05, 0.1) is 16.6 Å². The monoisotopic (exact) mass is 482 g/mol. The van der Waals surface area contributed by atoms with Gasteiger partial charge in [0.25, 0.3) is 0 Å². The third kappa shape index (κ3) is 3.07. The Hall–Kier alpha value is -4.25. The van der Waals surface area contributed by atoms with Crippen molar-refractivity contribution in [2.24, 2.45) is 4.99 Å². The van der Waals surface area contributed by atoms with Crippen LogP contribution in [0.5, 0.6) is 0 Å². The van der Waals surface area contributed by atoms with Crippen LogP contribution in [-0.4, -0.2) is 27.8 Å². The van der Waals surface area contributed by atoms with Gasteiger partial charge in [0.1, 0.15) is 5.71 Å². The zero-order chi connectivity index (χ0) is 25.4. The second-order valence-electron chi connectivity index (χ2n) is 10.2. The maximum absolute atomic E-state index is 17.2. The average Bonchev–Trinajstić information content (AvgIpc) is 3.38. The summed E-state index contributed by atoms with van der Waals surface area (Å²) in [7, 11) is -1.45. The van der Waals surface area contributed by atoms with Crippen molar-refractivity contribution in [2.45, 2.75) is 27.7 Å². The fourth-order valence-electron chi connectivity index (χ4n) is 5.77. The molecule has 5 aromatic rings. The molecule has 2 aliphatic rings. The molecule has 0 radical (unpaired) electrons. The standard InChI is InChI=1S/C32H26BFN3/c1-19-15-25-27(17-21(19)3)31-35-32-28-18-22(4)20(2)16-26(28)30(24-13-9-6-10-14-24)37(32)33(34)36(31)29(25)23-11-7-5-8-12-23/h5-18H,1-4H3/q+1. The number of amidine groups is 1. The van der Waals surface area contributed by atoms with Gasteiger partial charge in [0.15, 0.2) is 0 Å². The van der Waals surface area contributed by atoms with E-state index in [1.807, 2.05) is 36.4 Å². The predicted octanol–water partition coefficient (Wildman–Crippen LogP) is 7.30. The Kier molecular flexibility index (Phi) is 4.68. The molecule has 2 aliphatic heterocycles. The molecule has 4 aromatic carbocycles. The summed E-state index contributed by atoms with van der Waals surface area (Å²) in [6.45, 7) is 8.43. The molecule has 0 bridgehead atoms. The molecular weight excluding hydrogens is 456 g/mol. The van der Waals surface area contributed by atoms with E-state index < -0.39 is 7.26 Å². The third-order valence-corrected chi connectivity index (χ3v) is 7.93. The fourth-order valence-corrected chi connectivity index (χ4v) is 5.77. The van der Waals surface area contributed by atoms with Crippen LogP contribution < -0.4 is 0 Å². The van der Waals surface area contributed by atoms with Crippen molar-refractivity contribution >= 4 is 35.4 Å². The molecule has 0 amide bonds. The first-order valence-corrected chi connectivity index (χ1v) is 12.7. The van der Waals surface area contributed by atoms with Gasteiger partial charge in [-0.25, -0.2) is 4.49 Å². The Morgan fingerprint density at radius 3 is 1.86 bits per heavy atom. The van der Waals surface area contributed by atoms with Crippen LogP contribution in [0.3, 0.4) is 0 Å². The van der Waals surface area contributed by atoms with E-state index in [9.17, 15) is 0 Å². The van der Waals surface area contributed by atoms with Gasteiger partial charge in [-0.2, -0.15) is 0 Å². The summed E-state index contributed by atoms with van der Waals surface area (Å²) in [6.07, 6.45) is 0. The number of hydrogen-bond acceptors (Lipinski definition) is 1. The molecule has 0 fully saturated rings. The van der Waals surface area contributed by atoms with Crippen LogP contribution in [0.1, 0.15) is 38.9 Å². The van der Waals surface area contributed by atoms with Crippen molar-refractivity contribution in [3.63, 3.8) is 0 Å². The molecule has 178 valence electrons. The number of fused-ring (bicyclic) bond motifs is 6. The van der Waals surface area contributed by atoms with Crippen LogP contribution in [0.4, 0.5) is 10.1 Å². The van der Waals surface area contributed by atoms with Gasteiger partial charge in [-0.3, -0.25) is 8.79 Å². The quantitative estimate of drug-likeness (QED) is 0.236. The summed E-state index contributed by atoms with van der Waals surface area (Å²) in [5.74, 6) is 1.35. The number of aliphatic imine (C=N–C) groups is 1. The molecular formula is C32H26BFN3+. The molecule has 0 atom stereocenters. The molecule has 7 rings (SSSR count). The van der Waals surface area contributed by atoms with E-state index in [2.05, 4.69) is 76.2 Å². The lowest BCUT2D eigenvalue weighted by Crippen LogP contribution is -2.42. The average molecular weight is 482 g/mol. The summed E-state index contributed by atoms with van der Waals surface area (Å²) >= 11 is 0. The van der Waals surface area contributed by atoms with Crippen molar-refractivity contribution in [1.82, 2.24) is 4.48 Å². The molecule has 0 saturated heterocycles. The Morgan fingerprint density at radius 1 is 0.676 bits per heavy atom. The van der Waals surface area contributed by atoms with Gasteiger partial charge < -0.3 is 0 Å². The first-order valence-electron chi connectivity index (χ1n) is 12.7. The first-order chi connectivity index (χ1) is 17.9. The van der Waals surface area contributed by atoms with Gasteiger partial charge in [-0.1, -0.05) is 60.7 Å². The molecule has 37 heavy (non-hydrogen) atoms. The van der Waals surface area contributed by atoms with Crippen molar-refractivity contribution < 1.29 is 8.80 Å². The smallest absolute Gasteiger partial charge is 0.274 e. The SMILES string of the molecule is Cc1cc2c(cc1C)C(c1ccccc1)=[N+]1B(F)n3c(c4cc(C)c(C)cc4c3-c3ccccc3)N=C21. The van der Waals surface area contributed by atoms with Crippen molar-refractivity contribution in [3.05, 3.63) is 124 Å². The van der Waals surface area contributed by atoms with Crippen LogP contribution in [-0.2, 0) is 0 Å². The number of aromatic nitrogens is 1. The second kappa shape index (κ2) is 7.88. The van der Waals surface area contributed by atoms with Crippen LogP contribution in [0.25, 0.3) is 22.0 Å². The zero-order valence-electron chi connectivity index (χ0n) is 21.4. The normalized spacial score (nSPS) is 14.1. The van der Waals surface area contributed by atoms with Gasteiger partial charge in [0.2, 0.25) is 5.82 Å². The molecule has 1 aromatic heterocycles. The number of halogens is 1. The molecule has 3 nitrogen and oxygen atoms in total. The topological polar surface area (TPSA) is 20.3 Å². The minimum Gasteiger partial charge on any atom is -0.274 e. The Labute approximate surface area is 216 Å². The van der Waals surface area contributed by atoms with Crippen molar-refractivity contribution in [2.75, 3.05) is 0 Å². The second-order valence-corrected chi connectivity index (χ2v) is 10.2. The first kappa shape index (κ1) is 22.0. The number of hydrogen-bond donors (Lipinski definition) is 0. The van der Waals surface area contributed by atoms with Gasteiger partial charge >= 0.3 is 13.1 Å². The molecule has 0 aliphatic carbocycles. The van der Waals surface area contributed by atoms with Gasteiger partial charge in [-0.05, 0) is 84.8 Å². The van der Waals surface area contributed by atoms with E-state index in [0.717, 1.165) is 44.4 Å². The highest BCUT2D eigenvalue weighted by atomic mass is 19.1. The van der Waals surface area contributed by atoms with Crippen molar-refractivity contribution in [3.8, 4) is 11.3 Å². The van der Waals surface area contributed by atoms with Crippen LogP contribution in [0.2, 0.25) is 0 Å². The maximum Gasteiger partial charge on any atom is 0.727 e. The van der Waals surface area contributed by atoms with E-state index in [4.69, 9.17) is 4.99 Å². The molecule has 3 heterocycles. The summed E-state index contributed by atoms with van der Waals surface area (Å²) < 4.78 is 20.8. The molecule has 0 unspecified atom stereocenters. The van der Waals surface area contributed by atoms with Gasteiger partial charge in [0, 0.05) is 16.5 Å². The lowest BCUT2D eigenvalue weighted by Gasteiger charge is -2.16. The van der Waals surface area contributed by atoms with Crippen LogP contribution in [0.15, 0.2) is 89.9 Å². The minimum atomic E-state index is -1.45. The molecule has 0 N–H and O–H groups in total. The number of aryl methyl sites for hydroxylation is 4. The summed E-state index contributed by atoms with van der Waals surface area (Å²) in [5, 5.41) is 2.01. The minimum absolute atomic E-state index is 0.675. The zero-order valence-corrected chi connectivity index (χ0v) is 21.4. The molecule has 0 saturated carbocycles. The van der Waals surface area contributed by atoms with Crippen LogP contribution >= 0.6 is 0 Å². The van der Waals surface area contributed by atoms with Crippen LogP contribution in [0, 0.1) is 27.7 Å². The van der Waals surface area contributed by atoms with E-state index in [-0.39, 0.29) is 0 Å². The lowest BCUT2D eigenvalue weighted by atomic mass is 9.95. The maximum atomic E-state index is 17.2. The summed E-state index contributed by atoms with van der Waals surface area (Å²) in [5.41, 5.74) is 10.4. The highest BCUT2D eigenvalue weighted by Gasteiger charge is 2.51. The molecule has 5 heteroatoms. The lowest BCUT2D eigenvalue weighted by molar-refractivity contribution is -0.261. The van der Waals surface area contributed by atoms with E-state index in [0.29, 0.717) is 11.7 Å². The summed E-state index contributed by atoms with van der Waals surface area (Å²) in [6, 6.07) is 28.9. The third-order valence-electron chi connectivity index (χ3n) is 7.93. The van der Waals surface area contributed by atoms with Crippen molar-refractivity contribution in [1.29, 1.82) is 0 Å². The Bertz CT molecular complexity index is 1810. The Balaban J connectivity index is 1.63. The predicted molar refractivity (Wildman–Crippen MR) is 151 cm³/mol. The molecule has 0 spiro atoms. The van der Waals surface area contributed by atoms with Gasteiger partial charge in [-0.15, -0.1) is 0 Å². The van der Waals surface area contributed by atoms with E-state index in [1.165, 1.54) is 22.3 Å². The summed E-state index contributed by atoms with van der Waals surface area (Å²) in [4.78, 5) is 5.24.